The lowest BCUT2D eigenvalue weighted by molar-refractivity contribution is -0.156. The van der Waals surface area contributed by atoms with E-state index in [1.54, 1.807) is 30.5 Å². The van der Waals surface area contributed by atoms with Gasteiger partial charge in [-0.3, -0.25) is 9.59 Å². The number of nitrogens with one attached hydrogen (secondary N) is 1. The van der Waals surface area contributed by atoms with Crippen molar-refractivity contribution in [1.29, 1.82) is 0 Å². The predicted molar refractivity (Wildman–Crippen MR) is 70.9 cm³/mol. The van der Waals surface area contributed by atoms with E-state index in [1.165, 1.54) is 0 Å². The van der Waals surface area contributed by atoms with Crippen LogP contribution < -0.4 is 5.32 Å². The predicted octanol–water partition coefficient (Wildman–Crippen LogP) is 1.11. The van der Waals surface area contributed by atoms with Crippen LogP contribution in [0.5, 0.6) is 0 Å². The molecule has 1 unspecified atom stereocenters. The minimum atomic E-state index is -0.738. The molecule has 4 nitrogen and oxygen atoms in total. The summed E-state index contributed by atoms with van der Waals surface area (Å²) in [6.45, 7) is 8.14. The van der Waals surface area contributed by atoms with Gasteiger partial charge in [-0.1, -0.05) is 13.8 Å². The Bertz CT molecular complexity index is 316. The van der Waals surface area contributed by atoms with Crippen molar-refractivity contribution >= 4 is 23.6 Å². The van der Waals surface area contributed by atoms with Crippen LogP contribution in [0.25, 0.3) is 0 Å². The molecule has 0 aliphatic carbocycles. The molecule has 1 saturated heterocycles. The molecule has 0 aromatic carbocycles. The molecule has 5 heteroatoms. The van der Waals surface area contributed by atoms with Crippen LogP contribution in [0.3, 0.4) is 0 Å². The third-order valence-corrected chi connectivity index (χ3v) is 3.83. The first-order valence-corrected chi connectivity index (χ1v) is 7.33. The largest absolute Gasteiger partial charge is 0.342 e. The summed E-state index contributed by atoms with van der Waals surface area (Å²) in [7, 11) is 0. The Morgan fingerprint density at radius 1 is 1.41 bits per heavy atom. The summed E-state index contributed by atoms with van der Waals surface area (Å²) in [6.07, 6.45) is 2.00. The standard InChI is InChI=1S/C12H22N2O2S/c1-8(2)9-10(15)14(6-7-17-5)12(3,4)11(16)13-9/h8-9H,6-7H2,1-5H3,(H,13,16). The highest BCUT2D eigenvalue weighted by molar-refractivity contribution is 7.98. The topological polar surface area (TPSA) is 49.4 Å². The van der Waals surface area contributed by atoms with Gasteiger partial charge in [0.1, 0.15) is 11.6 Å². The molecule has 1 aliphatic heterocycles. The summed E-state index contributed by atoms with van der Waals surface area (Å²) in [5.74, 6) is 0.961. The van der Waals surface area contributed by atoms with Gasteiger partial charge in [-0.2, -0.15) is 11.8 Å². The van der Waals surface area contributed by atoms with Crippen LogP contribution in [0, 0.1) is 5.92 Å². The molecule has 1 fully saturated rings. The van der Waals surface area contributed by atoms with Gasteiger partial charge in [0.15, 0.2) is 0 Å². The monoisotopic (exact) mass is 258 g/mol. The number of amides is 2. The molecule has 2 amide bonds. The van der Waals surface area contributed by atoms with Gasteiger partial charge in [0, 0.05) is 12.3 Å². The quantitative estimate of drug-likeness (QED) is 0.822. The Labute approximate surface area is 108 Å². The SMILES string of the molecule is CSCCN1C(=O)C(C(C)C)NC(=O)C1(C)C. The first kappa shape index (κ1) is 14.4. The van der Waals surface area contributed by atoms with Gasteiger partial charge in [0.05, 0.1) is 0 Å². The smallest absolute Gasteiger partial charge is 0.246 e. The summed E-state index contributed by atoms with van der Waals surface area (Å²) >= 11 is 1.68. The van der Waals surface area contributed by atoms with Crippen molar-refractivity contribution in [3.05, 3.63) is 0 Å². The van der Waals surface area contributed by atoms with Crippen molar-refractivity contribution in [2.75, 3.05) is 18.6 Å². The van der Waals surface area contributed by atoms with E-state index in [1.807, 2.05) is 20.1 Å². The van der Waals surface area contributed by atoms with E-state index in [0.29, 0.717) is 6.54 Å². The van der Waals surface area contributed by atoms with Crippen LogP contribution in [0.15, 0.2) is 0 Å². The molecule has 1 rings (SSSR count). The first-order valence-electron chi connectivity index (χ1n) is 5.93. The summed E-state index contributed by atoms with van der Waals surface area (Å²) in [5.41, 5.74) is -0.738. The van der Waals surface area contributed by atoms with Crippen molar-refractivity contribution < 1.29 is 9.59 Å². The number of piperazine rings is 1. The fraction of sp³-hybridized carbons (Fsp3) is 0.833. The lowest BCUT2D eigenvalue weighted by Gasteiger charge is -2.45. The second-order valence-corrected chi connectivity index (χ2v) is 6.22. The Morgan fingerprint density at radius 3 is 2.47 bits per heavy atom. The summed E-state index contributed by atoms with van der Waals surface area (Å²) in [5, 5.41) is 2.83. The second kappa shape index (κ2) is 5.29. The van der Waals surface area contributed by atoms with Gasteiger partial charge < -0.3 is 10.2 Å². The highest BCUT2D eigenvalue weighted by Gasteiger charge is 2.46. The Hall–Kier alpha value is -0.710. The molecular weight excluding hydrogens is 236 g/mol. The van der Waals surface area contributed by atoms with Crippen LogP contribution in [-0.4, -0.2) is 46.8 Å². The maximum Gasteiger partial charge on any atom is 0.246 e. The molecule has 98 valence electrons. The fourth-order valence-electron chi connectivity index (χ4n) is 1.97. The zero-order valence-corrected chi connectivity index (χ0v) is 12.1. The van der Waals surface area contributed by atoms with Crippen LogP contribution in [0.4, 0.5) is 0 Å². The van der Waals surface area contributed by atoms with E-state index < -0.39 is 5.54 Å². The molecule has 0 aromatic rings. The maximum atomic E-state index is 12.3. The van der Waals surface area contributed by atoms with E-state index in [9.17, 15) is 9.59 Å². The Kier molecular flexibility index (Phi) is 4.47. The summed E-state index contributed by atoms with van der Waals surface area (Å²) in [6, 6.07) is -0.377. The number of carbonyl (C=O) groups is 2. The summed E-state index contributed by atoms with van der Waals surface area (Å²) < 4.78 is 0. The number of carbonyl (C=O) groups excluding carboxylic acids is 2. The molecule has 0 bridgehead atoms. The minimum absolute atomic E-state index is 0.0404. The molecule has 1 aliphatic rings. The van der Waals surface area contributed by atoms with Gasteiger partial charge in [-0.05, 0) is 26.0 Å². The zero-order valence-electron chi connectivity index (χ0n) is 11.2. The fourth-order valence-corrected chi connectivity index (χ4v) is 2.33. The number of thioether (sulfide) groups is 1. The van der Waals surface area contributed by atoms with Gasteiger partial charge in [-0.15, -0.1) is 0 Å². The Balaban J connectivity index is 2.93. The van der Waals surface area contributed by atoms with E-state index >= 15 is 0 Å². The average Bonchev–Trinajstić information content (AvgIpc) is 2.23. The normalized spacial score (nSPS) is 24.1. The van der Waals surface area contributed by atoms with Gasteiger partial charge in [-0.25, -0.2) is 0 Å². The minimum Gasteiger partial charge on any atom is -0.342 e. The Morgan fingerprint density at radius 2 is 2.00 bits per heavy atom. The van der Waals surface area contributed by atoms with Gasteiger partial charge >= 0.3 is 0 Å². The van der Waals surface area contributed by atoms with Crippen LogP contribution in [0.1, 0.15) is 27.7 Å². The van der Waals surface area contributed by atoms with Crippen LogP contribution >= 0.6 is 11.8 Å². The lowest BCUT2D eigenvalue weighted by Crippen LogP contribution is -2.69. The van der Waals surface area contributed by atoms with E-state index in [0.717, 1.165) is 5.75 Å². The molecule has 17 heavy (non-hydrogen) atoms. The molecule has 1 N–H and O–H groups in total. The molecule has 0 saturated carbocycles. The molecule has 1 atom stereocenters. The first-order chi connectivity index (χ1) is 7.82. The highest BCUT2D eigenvalue weighted by atomic mass is 32.2. The molecule has 0 spiro atoms. The zero-order chi connectivity index (χ0) is 13.2. The second-order valence-electron chi connectivity index (χ2n) is 5.24. The number of rotatable bonds is 4. The molecular formula is C12H22N2O2S. The number of hydrogen-bond donors (Lipinski definition) is 1. The van der Waals surface area contributed by atoms with Crippen LogP contribution in [-0.2, 0) is 9.59 Å². The maximum absolute atomic E-state index is 12.3. The molecule has 0 radical (unpaired) electrons. The average molecular weight is 258 g/mol. The van der Waals surface area contributed by atoms with Gasteiger partial charge in [0.25, 0.3) is 0 Å². The van der Waals surface area contributed by atoms with Crippen molar-refractivity contribution in [2.24, 2.45) is 5.92 Å². The summed E-state index contributed by atoms with van der Waals surface area (Å²) in [4.78, 5) is 26.1. The third kappa shape index (κ3) is 2.76. The number of nitrogens with zero attached hydrogens (tertiary/aromatic N) is 1. The highest BCUT2D eigenvalue weighted by Crippen LogP contribution is 2.23. The van der Waals surface area contributed by atoms with Crippen LogP contribution in [0.2, 0.25) is 0 Å². The van der Waals surface area contributed by atoms with Crippen molar-refractivity contribution in [2.45, 2.75) is 39.3 Å². The lowest BCUT2D eigenvalue weighted by atomic mass is 9.91. The van der Waals surface area contributed by atoms with E-state index in [2.05, 4.69) is 5.32 Å². The number of hydrogen-bond acceptors (Lipinski definition) is 3. The molecule has 1 heterocycles. The van der Waals surface area contributed by atoms with E-state index in [4.69, 9.17) is 0 Å². The van der Waals surface area contributed by atoms with Crippen molar-refractivity contribution in [3.63, 3.8) is 0 Å². The third-order valence-electron chi connectivity index (χ3n) is 3.23. The van der Waals surface area contributed by atoms with Crippen molar-refractivity contribution in [1.82, 2.24) is 10.2 Å². The van der Waals surface area contributed by atoms with Crippen molar-refractivity contribution in [3.8, 4) is 0 Å². The van der Waals surface area contributed by atoms with E-state index in [-0.39, 0.29) is 23.8 Å². The van der Waals surface area contributed by atoms with Gasteiger partial charge in [0.2, 0.25) is 11.8 Å². The molecule has 0 aromatic heterocycles.